The summed E-state index contributed by atoms with van der Waals surface area (Å²) >= 11 is 0. The van der Waals surface area contributed by atoms with Crippen LogP contribution in [0.5, 0.6) is 0 Å². The first-order valence-corrected chi connectivity index (χ1v) is 23.7. The average molecular weight is 845 g/mol. The van der Waals surface area contributed by atoms with Gasteiger partial charge in [-0.1, -0.05) is 141 Å². The number of carbonyl (C=O) groups excluding carboxylic acids is 1. The van der Waals surface area contributed by atoms with Crippen molar-refractivity contribution >= 4 is 14.0 Å². The molecule has 0 amide bonds. The van der Waals surface area contributed by atoms with Crippen molar-refractivity contribution in [1.82, 2.24) is 0 Å². The van der Waals surface area contributed by atoms with E-state index in [4.69, 9.17) is 42.0 Å². The van der Waals surface area contributed by atoms with Crippen molar-refractivity contribution in [2.24, 2.45) is 0 Å². The first-order chi connectivity index (χ1) is 28.3. The van der Waals surface area contributed by atoms with E-state index < -0.39 is 51.3 Å². The molecule has 0 aromatic rings. The number of phosphoric acid groups is 1. The van der Waals surface area contributed by atoms with E-state index in [2.05, 4.69) is 45.7 Å². The number of carbonyl (C=O) groups is 1. The Labute approximate surface area is 352 Å². The molecule has 0 aliphatic carbocycles. The van der Waals surface area contributed by atoms with E-state index in [9.17, 15) is 14.5 Å². The van der Waals surface area contributed by atoms with Crippen molar-refractivity contribution < 1.29 is 56.5 Å². The summed E-state index contributed by atoms with van der Waals surface area (Å²) in [5.74, 6) is 0. The number of unbranched alkanes of at least 4 members (excludes halogenated alkanes) is 16. The highest BCUT2D eigenvalue weighted by Crippen LogP contribution is 2.52. The van der Waals surface area contributed by atoms with E-state index >= 15 is 0 Å². The molecule has 0 radical (unpaired) electrons. The molecule has 1 rings (SSSR count). The predicted octanol–water partition coefficient (Wildman–Crippen LogP) is 11.5. The summed E-state index contributed by atoms with van der Waals surface area (Å²) in [6.45, 7) is 15.0. The number of phosphoric ester groups is 1. The van der Waals surface area contributed by atoms with Crippen LogP contribution in [0.1, 0.15) is 149 Å². The molecule has 1 heterocycles. The maximum atomic E-state index is 14.0. The van der Waals surface area contributed by atoms with Crippen LogP contribution in [0.15, 0.2) is 50.1 Å². The van der Waals surface area contributed by atoms with Gasteiger partial charge in [0.15, 0.2) is 6.29 Å². The summed E-state index contributed by atoms with van der Waals surface area (Å²) in [7, 11) is -2.62. The van der Waals surface area contributed by atoms with Crippen molar-refractivity contribution in [3.63, 3.8) is 0 Å². The molecule has 6 atom stereocenters. The van der Waals surface area contributed by atoms with Crippen molar-refractivity contribution in [2.45, 2.75) is 185 Å². The van der Waals surface area contributed by atoms with Gasteiger partial charge in [0.25, 0.3) is 0 Å². The Balaban J connectivity index is 2.97. The fraction of sp³-hybridized carbons (Fsp3) is 0.800. The quantitative estimate of drug-likeness (QED) is 0.0272. The lowest BCUT2D eigenvalue weighted by Crippen LogP contribution is -2.61. The molecule has 0 spiro atoms. The monoisotopic (exact) mass is 845 g/mol. The Morgan fingerprint density at radius 2 is 1.21 bits per heavy atom. The fourth-order valence-corrected chi connectivity index (χ4v) is 7.96. The van der Waals surface area contributed by atoms with Crippen LogP contribution in [0.3, 0.4) is 0 Å². The van der Waals surface area contributed by atoms with Crippen molar-refractivity contribution in [3.05, 3.63) is 50.1 Å². The van der Waals surface area contributed by atoms with Crippen LogP contribution in [0, 0.1) is 0 Å². The van der Waals surface area contributed by atoms with Gasteiger partial charge < -0.3 is 33.5 Å². The summed E-state index contributed by atoms with van der Waals surface area (Å²) in [6, 6.07) is 0. The highest BCUT2D eigenvalue weighted by Gasteiger charge is 2.51. The van der Waals surface area contributed by atoms with Gasteiger partial charge in [0.2, 0.25) is 0 Å². The Morgan fingerprint density at radius 3 is 1.79 bits per heavy atom. The molecule has 1 fully saturated rings. The van der Waals surface area contributed by atoms with Crippen LogP contribution in [-0.4, -0.2) is 94.8 Å². The van der Waals surface area contributed by atoms with E-state index in [1.54, 1.807) is 7.11 Å². The molecule has 0 bridgehead atoms. The maximum absolute atomic E-state index is 14.0. The van der Waals surface area contributed by atoms with Crippen LogP contribution in [0.25, 0.3) is 0 Å². The van der Waals surface area contributed by atoms with Gasteiger partial charge in [0.05, 0.1) is 19.3 Å². The zero-order valence-electron chi connectivity index (χ0n) is 36.4. The largest absolute Gasteiger partial charge is 0.508 e. The third-order valence-corrected chi connectivity index (χ3v) is 11.4. The molecule has 1 aliphatic heterocycles. The summed E-state index contributed by atoms with van der Waals surface area (Å²) in [5, 5.41) is 11.3. The maximum Gasteiger partial charge on any atom is 0.508 e. The van der Waals surface area contributed by atoms with E-state index in [1.165, 1.54) is 102 Å². The second kappa shape index (κ2) is 36.9. The molecule has 13 heteroatoms. The zero-order valence-corrected chi connectivity index (χ0v) is 37.3. The smallest absolute Gasteiger partial charge is 0.431 e. The molecule has 338 valence electrons. The molecule has 58 heavy (non-hydrogen) atoms. The average Bonchev–Trinajstić information content (AvgIpc) is 3.22. The third kappa shape index (κ3) is 26.4. The summed E-state index contributed by atoms with van der Waals surface area (Å²) in [4.78, 5) is 12.3. The van der Waals surface area contributed by atoms with E-state index in [-0.39, 0.29) is 32.5 Å². The van der Waals surface area contributed by atoms with Gasteiger partial charge in [0.1, 0.15) is 37.6 Å². The number of hydrogen-bond donors (Lipinski definition) is 1. The minimum absolute atomic E-state index is 0.0521. The van der Waals surface area contributed by atoms with Gasteiger partial charge in [0, 0.05) is 20.3 Å². The minimum Gasteiger partial charge on any atom is -0.431 e. The third-order valence-electron chi connectivity index (χ3n) is 9.93. The number of rotatable bonds is 40. The van der Waals surface area contributed by atoms with Crippen molar-refractivity contribution in [2.75, 3.05) is 46.8 Å². The van der Waals surface area contributed by atoms with Gasteiger partial charge in [-0.2, -0.15) is 0 Å². The lowest BCUT2D eigenvalue weighted by molar-refractivity contribution is -0.302. The Morgan fingerprint density at radius 1 is 0.672 bits per heavy atom. The number of aliphatic hydroxyl groups is 1. The lowest BCUT2D eigenvalue weighted by atomic mass is 9.98. The first kappa shape index (κ1) is 54.2. The van der Waals surface area contributed by atoms with Crippen LogP contribution in [0.2, 0.25) is 0 Å². The molecule has 1 saturated heterocycles. The van der Waals surface area contributed by atoms with Gasteiger partial charge in [-0.25, -0.2) is 9.36 Å². The highest BCUT2D eigenvalue weighted by atomic mass is 31.2. The second-order valence-corrected chi connectivity index (χ2v) is 16.5. The topological polar surface area (TPSA) is 137 Å². The number of allylic oxidation sites excluding steroid dienone is 2. The van der Waals surface area contributed by atoms with Crippen molar-refractivity contribution in [1.29, 1.82) is 0 Å². The minimum atomic E-state index is -4.31. The van der Waals surface area contributed by atoms with Gasteiger partial charge in [-0.3, -0.25) is 13.6 Å². The summed E-state index contributed by atoms with van der Waals surface area (Å²) < 4.78 is 65.8. The van der Waals surface area contributed by atoms with E-state index in [1.807, 2.05) is 0 Å². The number of methoxy groups -OCH3 is 1. The number of hydrogen-bond acceptors (Lipinski definition) is 12. The number of aliphatic hydroxyl groups excluding tert-OH is 1. The first-order valence-electron chi connectivity index (χ1n) is 22.2. The van der Waals surface area contributed by atoms with Crippen LogP contribution >= 0.6 is 7.82 Å². The Kier molecular flexibility index (Phi) is 34.5. The SMILES string of the molecule is C=CCOC(=O)OC[C@H]1OC(O)[C@H](OCCCCCCCCCC/C=C\CCCCCC)[C@@H](OCC[C@@H](CCCCCCC)OC)[C@@H]1OP(=O)(OCC=C)OCC=C. The lowest BCUT2D eigenvalue weighted by Gasteiger charge is -2.44. The molecule has 0 aromatic heterocycles. The highest BCUT2D eigenvalue weighted by molar-refractivity contribution is 7.48. The molecular formula is C45H81O12P. The normalized spacial score (nSPS) is 20.2. The fourth-order valence-electron chi connectivity index (χ4n) is 6.64. The summed E-state index contributed by atoms with van der Waals surface area (Å²) in [6.07, 6.45) is 25.6. The molecule has 0 saturated carbocycles. The summed E-state index contributed by atoms with van der Waals surface area (Å²) in [5.41, 5.74) is 0. The van der Waals surface area contributed by atoms with Gasteiger partial charge in [-0.15, -0.1) is 13.2 Å². The Bertz CT molecular complexity index is 1090. The molecule has 1 N–H and O–H groups in total. The van der Waals surface area contributed by atoms with E-state index in [0.717, 1.165) is 44.9 Å². The zero-order chi connectivity index (χ0) is 42.5. The van der Waals surface area contributed by atoms with Crippen molar-refractivity contribution in [3.8, 4) is 0 Å². The number of ether oxygens (including phenoxy) is 6. The molecule has 0 aromatic carbocycles. The Hall–Kier alpha value is -1.86. The molecule has 12 nitrogen and oxygen atoms in total. The second-order valence-electron chi connectivity index (χ2n) is 14.9. The molecular weight excluding hydrogens is 763 g/mol. The van der Waals surface area contributed by atoms with Gasteiger partial charge in [-0.05, 0) is 44.9 Å². The molecule has 1 aliphatic rings. The predicted molar refractivity (Wildman–Crippen MR) is 231 cm³/mol. The standard InChI is InChI=1S/C45H81O12P/c1-7-12-14-16-17-18-19-20-21-22-23-24-25-26-28-30-36-50-43-42(51-37-32-39(49-6)31-29-27-15-13-8-2)41(57-58(48,54-34-10-4)55-35-11-5)40(56-44(43)46)38-53-45(47)52-33-9-3/h9-11,18-19,39-44,46H,3-5,7-8,12-17,20-38H2,1-2,6H3/b19-18-/t39-,40-,41-,42+,43-,44?/m1/s1. The van der Waals surface area contributed by atoms with Crippen LogP contribution < -0.4 is 0 Å². The van der Waals surface area contributed by atoms with Crippen LogP contribution in [0.4, 0.5) is 4.79 Å². The van der Waals surface area contributed by atoms with E-state index in [0.29, 0.717) is 13.0 Å². The van der Waals surface area contributed by atoms with Crippen LogP contribution in [-0.2, 0) is 46.6 Å². The van der Waals surface area contributed by atoms with Gasteiger partial charge >= 0.3 is 14.0 Å². The molecule has 1 unspecified atom stereocenters.